The van der Waals surface area contributed by atoms with E-state index in [9.17, 15) is 4.79 Å². The Morgan fingerprint density at radius 1 is 1.04 bits per heavy atom. The average molecular weight is 309 g/mol. The van der Waals surface area contributed by atoms with Gasteiger partial charge in [0, 0.05) is 24.6 Å². The molecule has 3 heteroatoms. The summed E-state index contributed by atoms with van der Waals surface area (Å²) in [5.41, 5.74) is 4.56. The van der Waals surface area contributed by atoms with Crippen LogP contribution in [0, 0.1) is 19.8 Å². The SMILES string of the molecule is Cc1cccc(C)c1N1CC(COCc2ccccc2)CC1=O. The molecule has 0 spiro atoms. The summed E-state index contributed by atoms with van der Waals surface area (Å²) in [6, 6.07) is 16.3. The van der Waals surface area contributed by atoms with Crippen LogP contribution < -0.4 is 4.90 Å². The van der Waals surface area contributed by atoms with Crippen molar-refractivity contribution >= 4 is 11.6 Å². The lowest BCUT2D eigenvalue weighted by Gasteiger charge is -2.21. The van der Waals surface area contributed by atoms with E-state index in [2.05, 4.69) is 38.1 Å². The smallest absolute Gasteiger partial charge is 0.227 e. The van der Waals surface area contributed by atoms with Crippen LogP contribution >= 0.6 is 0 Å². The maximum absolute atomic E-state index is 12.4. The molecule has 0 bridgehead atoms. The Morgan fingerprint density at radius 3 is 2.43 bits per heavy atom. The van der Waals surface area contributed by atoms with Crippen molar-refractivity contribution in [2.45, 2.75) is 26.9 Å². The zero-order valence-electron chi connectivity index (χ0n) is 13.8. The first-order valence-corrected chi connectivity index (χ1v) is 8.13. The van der Waals surface area contributed by atoms with E-state index in [4.69, 9.17) is 4.74 Å². The summed E-state index contributed by atoms with van der Waals surface area (Å²) < 4.78 is 5.82. The lowest BCUT2D eigenvalue weighted by molar-refractivity contribution is -0.117. The van der Waals surface area contributed by atoms with Crippen LogP contribution in [0.25, 0.3) is 0 Å². The van der Waals surface area contributed by atoms with Crippen LogP contribution in [0.2, 0.25) is 0 Å². The molecule has 1 atom stereocenters. The number of anilines is 1. The van der Waals surface area contributed by atoms with Crippen LogP contribution in [-0.2, 0) is 16.1 Å². The lowest BCUT2D eigenvalue weighted by atomic mass is 10.1. The number of para-hydroxylation sites is 1. The maximum Gasteiger partial charge on any atom is 0.227 e. The normalized spacial score (nSPS) is 17.7. The molecule has 3 nitrogen and oxygen atoms in total. The summed E-state index contributed by atoms with van der Waals surface area (Å²) in [7, 11) is 0. The Balaban J connectivity index is 1.59. The molecule has 1 unspecified atom stereocenters. The minimum absolute atomic E-state index is 0.204. The van der Waals surface area contributed by atoms with Gasteiger partial charge in [-0.3, -0.25) is 4.79 Å². The molecule has 3 rings (SSSR count). The first-order chi connectivity index (χ1) is 11.1. The number of carbonyl (C=O) groups is 1. The maximum atomic E-state index is 12.4. The van der Waals surface area contributed by atoms with E-state index in [0.29, 0.717) is 19.6 Å². The summed E-state index contributed by atoms with van der Waals surface area (Å²) in [5.74, 6) is 0.473. The largest absolute Gasteiger partial charge is 0.376 e. The number of ether oxygens (including phenoxy) is 1. The lowest BCUT2D eigenvalue weighted by Crippen LogP contribution is -2.26. The summed E-state index contributed by atoms with van der Waals surface area (Å²) in [6.07, 6.45) is 0.572. The highest BCUT2D eigenvalue weighted by Crippen LogP contribution is 2.30. The Morgan fingerprint density at radius 2 is 1.74 bits per heavy atom. The first kappa shape index (κ1) is 15.8. The van der Waals surface area contributed by atoms with Crippen molar-refractivity contribution < 1.29 is 9.53 Å². The zero-order valence-corrected chi connectivity index (χ0v) is 13.8. The van der Waals surface area contributed by atoms with Crippen LogP contribution in [0.15, 0.2) is 48.5 Å². The van der Waals surface area contributed by atoms with E-state index in [-0.39, 0.29) is 11.8 Å². The molecule has 0 saturated carbocycles. The number of rotatable bonds is 5. The molecule has 0 aliphatic carbocycles. The quantitative estimate of drug-likeness (QED) is 0.839. The molecule has 2 aromatic rings. The van der Waals surface area contributed by atoms with Gasteiger partial charge in [-0.15, -0.1) is 0 Å². The minimum Gasteiger partial charge on any atom is -0.376 e. The van der Waals surface area contributed by atoms with Gasteiger partial charge in [0.05, 0.1) is 13.2 Å². The highest BCUT2D eigenvalue weighted by Gasteiger charge is 2.32. The minimum atomic E-state index is 0.204. The molecule has 120 valence electrons. The van der Waals surface area contributed by atoms with E-state index in [1.54, 1.807) is 0 Å². The Bertz CT molecular complexity index is 661. The fourth-order valence-corrected chi connectivity index (χ4v) is 3.26. The topological polar surface area (TPSA) is 29.5 Å². The van der Waals surface area contributed by atoms with E-state index in [0.717, 1.165) is 23.4 Å². The molecule has 0 aromatic heterocycles. The predicted octanol–water partition coefficient (Wildman–Crippen LogP) is 3.87. The van der Waals surface area contributed by atoms with Crippen molar-refractivity contribution in [2.75, 3.05) is 18.1 Å². The van der Waals surface area contributed by atoms with Gasteiger partial charge in [0.25, 0.3) is 0 Å². The van der Waals surface area contributed by atoms with Gasteiger partial charge >= 0.3 is 0 Å². The third-order valence-corrected chi connectivity index (χ3v) is 4.38. The first-order valence-electron chi connectivity index (χ1n) is 8.13. The molecule has 2 aromatic carbocycles. The Hall–Kier alpha value is -2.13. The monoisotopic (exact) mass is 309 g/mol. The van der Waals surface area contributed by atoms with Crippen molar-refractivity contribution in [3.63, 3.8) is 0 Å². The molecule has 1 amide bonds. The molecule has 1 saturated heterocycles. The molecule has 1 aliphatic rings. The highest BCUT2D eigenvalue weighted by atomic mass is 16.5. The van der Waals surface area contributed by atoms with Gasteiger partial charge < -0.3 is 9.64 Å². The van der Waals surface area contributed by atoms with E-state index >= 15 is 0 Å². The number of hydrogen-bond donors (Lipinski definition) is 0. The summed E-state index contributed by atoms with van der Waals surface area (Å²) in [5, 5.41) is 0. The average Bonchev–Trinajstić information content (AvgIpc) is 2.89. The number of nitrogens with zero attached hydrogens (tertiary/aromatic N) is 1. The van der Waals surface area contributed by atoms with Crippen molar-refractivity contribution in [1.82, 2.24) is 0 Å². The van der Waals surface area contributed by atoms with Crippen molar-refractivity contribution in [3.8, 4) is 0 Å². The Kier molecular flexibility index (Phi) is 4.77. The molecular formula is C20H23NO2. The number of amides is 1. The number of carbonyl (C=O) groups excluding carboxylic acids is 1. The molecule has 0 N–H and O–H groups in total. The van der Waals surface area contributed by atoms with E-state index in [1.165, 1.54) is 5.56 Å². The second-order valence-corrected chi connectivity index (χ2v) is 6.32. The number of benzene rings is 2. The number of hydrogen-bond acceptors (Lipinski definition) is 2. The van der Waals surface area contributed by atoms with E-state index < -0.39 is 0 Å². The van der Waals surface area contributed by atoms with Crippen molar-refractivity contribution in [3.05, 3.63) is 65.2 Å². The third kappa shape index (κ3) is 3.62. The highest BCUT2D eigenvalue weighted by molar-refractivity contribution is 5.97. The fourth-order valence-electron chi connectivity index (χ4n) is 3.26. The van der Waals surface area contributed by atoms with Crippen LogP contribution in [0.5, 0.6) is 0 Å². The van der Waals surface area contributed by atoms with Crippen molar-refractivity contribution in [2.24, 2.45) is 5.92 Å². The third-order valence-electron chi connectivity index (χ3n) is 4.38. The van der Waals surface area contributed by atoms with Crippen LogP contribution in [0.1, 0.15) is 23.1 Å². The molecule has 23 heavy (non-hydrogen) atoms. The second kappa shape index (κ2) is 6.97. The summed E-state index contributed by atoms with van der Waals surface area (Å²) >= 11 is 0. The van der Waals surface area contributed by atoms with Crippen LogP contribution in [-0.4, -0.2) is 19.1 Å². The zero-order chi connectivity index (χ0) is 16.2. The number of aryl methyl sites for hydroxylation is 2. The predicted molar refractivity (Wildman–Crippen MR) is 92.5 cm³/mol. The van der Waals surface area contributed by atoms with Gasteiger partial charge in [0.15, 0.2) is 0 Å². The molecular weight excluding hydrogens is 286 g/mol. The van der Waals surface area contributed by atoms with Gasteiger partial charge in [0.2, 0.25) is 5.91 Å². The molecule has 1 heterocycles. The Labute approximate surface area is 137 Å². The summed E-state index contributed by atoms with van der Waals surface area (Å²) in [4.78, 5) is 14.3. The van der Waals surface area contributed by atoms with E-state index in [1.807, 2.05) is 29.2 Å². The summed E-state index contributed by atoms with van der Waals surface area (Å²) in [6.45, 7) is 6.11. The fraction of sp³-hybridized carbons (Fsp3) is 0.350. The van der Waals surface area contributed by atoms with Crippen molar-refractivity contribution in [1.29, 1.82) is 0 Å². The van der Waals surface area contributed by atoms with Crippen LogP contribution in [0.4, 0.5) is 5.69 Å². The molecule has 0 radical (unpaired) electrons. The second-order valence-electron chi connectivity index (χ2n) is 6.32. The molecule has 1 fully saturated rings. The van der Waals surface area contributed by atoms with Gasteiger partial charge in [-0.05, 0) is 30.5 Å². The van der Waals surface area contributed by atoms with Crippen LogP contribution in [0.3, 0.4) is 0 Å². The van der Waals surface area contributed by atoms with Gasteiger partial charge in [-0.1, -0.05) is 48.5 Å². The molecule has 1 aliphatic heterocycles. The van der Waals surface area contributed by atoms with Gasteiger partial charge in [-0.25, -0.2) is 0 Å². The standard InChI is InChI=1S/C20H23NO2/c1-15-7-6-8-16(2)20(15)21-12-18(11-19(21)22)14-23-13-17-9-4-3-5-10-17/h3-10,18H,11-14H2,1-2H3. The van der Waals surface area contributed by atoms with Gasteiger partial charge in [-0.2, -0.15) is 0 Å². The van der Waals surface area contributed by atoms with Gasteiger partial charge in [0.1, 0.15) is 0 Å².